The number of carbonyl (C=O) groups is 1. The lowest BCUT2D eigenvalue weighted by Crippen LogP contribution is -2.27. The molecule has 0 fully saturated rings. The molecule has 150 valence electrons. The highest BCUT2D eigenvalue weighted by Crippen LogP contribution is 2.31. The Kier molecular flexibility index (Phi) is 4.61. The predicted molar refractivity (Wildman–Crippen MR) is 98.3 cm³/mol. The van der Waals surface area contributed by atoms with Gasteiger partial charge in [-0.3, -0.25) is 9.20 Å². The van der Waals surface area contributed by atoms with Crippen molar-refractivity contribution in [3.05, 3.63) is 58.5 Å². The molecule has 3 aromatic heterocycles. The second kappa shape index (κ2) is 6.99. The molecule has 0 unspecified atom stereocenters. The minimum atomic E-state index is -4.39. The summed E-state index contributed by atoms with van der Waals surface area (Å²) in [5.74, 6) is -0.255. The standard InChI is InChI=1S/C18H14F3N5O2S/c1-10-13(24-28-23-10)7-25(2)16(27)15-9-29-17-22-14(8-26(15)17)11-3-5-12(6-4-11)18(19,20)21/h3-6,8-9H,7H2,1-2H3. The topological polar surface area (TPSA) is 76.5 Å². The number of thiazole rings is 1. The van der Waals surface area contributed by atoms with E-state index in [9.17, 15) is 18.0 Å². The van der Waals surface area contributed by atoms with Gasteiger partial charge in [-0.25, -0.2) is 9.61 Å². The van der Waals surface area contributed by atoms with Crippen LogP contribution in [0.5, 0.6) is 0 Å². The highest BCUT2D eigenvalue weighted by Gasteiger charge is 2.30. The summed E-state index contributed by atoms with van der Waals surface area (Å²) in [4.78, 5) is 19.3. The Morgan fingerprint density at radius 2 is 1.97 bits per heavy atom. The second-order valence-electron chi connectivity index (χ2n) is 6.43. The minimum absolute atomic E-state index is 0.228. The number of alkyl halides is 3. The third kappa shape index (κ3) is 3.60. The Bertz CT molecular complexity index is 1180. The SMILES string of the molecule is Cc1nonc1CN(C)C(=O)c1csc2nc(-c3ccc(C(F)(F)F)cc3)cn12. The summed E-state index contributed by atoms with van der Waals surface area (Å²) in [6.07, 6.45) is -2.76. The Labute approximate surface area is 166 Å². The lowest BCUT2D eigenvalue weighted by atomic mass is 10.1. The molecule has 0 aliphatic rings. The third-order valence-corrected chi connectivity index (χ3v) is 5.26. The first-order chi connectivity index (χ1) is 13.7. The number of imidazole rings is 1. The average molecular weight is 421 g/mol. The van der Waals surface area contributed by atoms with Crippen LogP contribution in [0.15, 0.2) is 40.5 Å². The molecule has 7 nitrogen and oxygen atoms in total. The summed E-state index contributed by atoms with van der Waals surface area (Å²) in [7, 11) is 1.63. The zero-order valence-corrected chi connectivity index (χ0v) is 16.1. The first-order valence-corrected chi connectivity index (χ1v) is 9.29. The molecule has 0 atom stereocenters. The van der Waals surface area contributed by atoms with Gasteiger partial charge >= 0.3 is 6.18 Å². The van der Waals surface area contributed by atoms with Crippen molar-refractivity contribution in [1.29, 1.82) is 0 Å². The van der Waals surface area contributed by atoms with Crippen molar-refractivity contribution in [3.63, 3.8) is 0 Å². The van der Waals surface area contributed by atoms with E-state index in [-0.39, 0.29) is 12.5 Å². The number of hydrogen-bond acceptors (Lipinski definition) is 6. The molecule has 1 amide bonds. The van der Waals surface area contributed by atoms with Gasteiger partial charge in [0.05, 0.1) is 17.8 Å². The molecule has 1 aromatic carbocycles. The quantitative estimate of drug-likeness (QED) is 0.497. The largest absolute Gasteiger partial charge is 0.416 e. The average Bonchev–Trinajstić information content (AvgIpc) is 3.37. The van der Waals surface area contributed by atoms with Gasteiger partial charge in [-0.2, -0.15) is 13.2 Å². The van der Waals surface area contributed by atoms with Crippen molar-refractivity contribution in [2.45, 2.75) is 19.6 Å². The number of nitrogens with zero attached hydrogens (tertiary/aromatic N) is 5. The van der Waals surface area contributed by atoms with E-state index >= 15 is 0 Å². The number of hydrogen-bond donors (Lipinski definition) is 0. The zero-order chi connectivity index (χ0) is 20.8. The molecule has 29 heavy (non-hydrogen) atoms. The fourth-order valence-electron chi connectivity index (χ4n) is 2.79. The van der Waals surface area contributed by atoms with Gasteiger partial charge in [0.2, 0.25) is 0 Å². The number of aryl methyl sites for hydroxylation is 1. The molecule has 0 N–H and O–H groups in total. The summed E-state index contributed by atoms with van der Waals surface area (Å²) < 4.78 is 44.5. The molecule has 11 heteroatoms. The smallest absolute Gasteiger partial charge is 0.334 e. The van der Waals surface area contributed by atoms with E-state index in [0.29, 0.717) is 33.3 Å². The lowest BCUT2D eigenvalue weighted by Gasteiger charge is -2.14. The highest BCUT2D eigenvalue weighted by molar-refractivity contribution is 7.15. The van der Waals surface area contributed by atoms with Crippen LogP contribution < -0.4 is 0 Å². The first-order valence-electron chi connectivity index (χ1n) is 8.42. The normalized spacial score (nSPS) is 11.9. The van der Waals surface area contributed by atoms with Crippen LogP contribution in [0, 0.1) is 6.92 Å². The molecule has 0 radical (unpaired) electrons. The van der Waals surface area contributed by atoms with Crippen LogP contribution in [0.4, 0.5) is 13.2 Å². The Morgan fingerprint density at radius 1 is 1.24 bits per heavy atom. The maximum atomic E-state index is 12.8. The van der Waals surface area contributed by atoms with Gasteiger partial charge in [0.25, 0.3) is 5.91 Å². The van der Waals surface area contributed by atoms with Gasteiger partial charge in [0.1, 0.15) is 17.1 Å². The molecule has 0 saturated carbocycles. The van der Waals surface area contributed by atoms with Crippen LogP contribution in [-0.4, -0.2) is 37.6 Å². The van der Waals surface area contributed by atoms with E-state index in [1.54, 1.807) is 29.9 Å². The van der Waals surface area contributed by atoms with Crippen molar-refractivity contribution in [3.8, 4) is 11.3 Å². The number of halogens is 3. The maximum absolute atomic E-state index is 12.8. The Hall–Kier alpha value is -3.21. The van der Waals surface area contributed by atoms with E-state index in [0.717, 1.165) is 12.1 Å². The summed E-state index contributed by atoms with van der Waals surface area (Å²) in [6.45, 7) is 1.96. The zero-order valence-electron chi connectivity index (χ0n) is 15.3. The second-order valence-corrected chi connectivity index (χ2v) is 7.27. The summed E-state index contributed by atoms with van der Waals surface area (Å²) >= 11 is 1.27. The van der Waals surface area contributed by atoms with E-state index in [1.165, 1.54) is 28.4 Å². The molecular formula is C18H14F3N5O2S. The van der Waals surface area contributed by atoms with Gasteiger partial charge in [-0.05, 0) is 19.1 Å². The van der Waals surface area contributed by atoms with Crippen LogP contribution in [0.3, 0.4) is 0 Å². The molecule has 0 aliphatic heterocycles. The van der Waals surface area contributed by atoms with E-state index in [2.05, 4.69) is 19.9 Å². The third-order valence-electron chi connectivity index (χ3n) is 4.42. The van der Waals surface area contributed by atoms with Crippen LogP contribution in [0.25, 0.3) is 16.2 Å². The number of benzene rings is 1. The van der Waals surface area contributed by atoms with Crippen molar-refractivity contribution in [2.24, 2.45) is 0 Å². The lowest BCUT2D eigenvalue weighted by molar-refractivity contribution is -0.137. The summed E-state index contributed by atoms with van der Waals surface area (Å²) in [6, 6.07) is 4.75. The number of fused-ring (bicyclic) bond motifs is 1. The fourth-order valence-corrected chi connectivity index (χ4v) is 3.64. The van der Waals surface area contributed by atoms with Gasteiger partial charge < -0.3 is 4.90 Å². The van der Waals surface area contributed by atoms with Gasteiger partial charge in [-0.1, -0.05) is 22.4 Å². The minimum Gasteiger partial charge on any atom is -0.334 e. The van der Waals surface area contributed by atoms with Crippen LogP contribution >= 0.6 is 11.3 Å². The van der Waals surface area contributed by atoms with Crippen molar-refractivity contribution in [2.75, 3.05) is 7.05 Å². The van der Waals surface area contributed by atoms with Gasteiger partial charge in [-0.15, -0.1) is 11.3 Å². The summed E-state index contributed by atoms with van der Waals surface area (Å²) in [5, 5.41) is 9.15. The molecule has 4 rings (SSSR count). The summed E-state index contributed by atoms with van der Waals surface area (Å²) in [5.41, 5.74) is 1.85. The van der Waals surface area contributed by atoms with Crippen molar-refractivity contribution in [1.82, 2.24) is 24.6 Å². The highest BCUT2D eigenvalue weighted by atomic mass is 32.1. The van der Waals surface area contributed by atoms with E-state index in [1.807, 2.05) is 0 Å². The van der Waals surface area contributed by atoms with E-state index < -0.39 is 11.7 Å². The molecule has 4 aromatic rings. The molecule has 0 aliphatic carbocycles. The number of amides is 1. The molecule has 3 heterocycles. The maximum Gasteiger partial charge on any atom is 0.416 e. The van der Waals surface area contributed by atoms with Crippen molar-refractivity contribution >= 4 is 22.2 Å². The number of carbonyl (C=O) groups excluding carboxylic acids is 1. The number of rotatable bonds is 4. The fraction of sp³-hybridized carbons (Fsp3) is 0.222. The van der Waals surface area contributed by atoms with Crippen LogP contribution in [0.2, 0.25) is 0 Å². The van der Waals surface area contributed by atoms with Crippen molar-refractivity contribution < 1.29 is 22.6 Å². The monoisotopic (exact) mass is 421 g/mol. The Morgan fingerprint density at radius 3 is 2.59 bits per heavy atom. The van der Waals surface area contributed by atoms with E-state index in [4.69, 9.17) is 0 Å². The van der Waals surface area contributed by atoms with Gasteiger partial charge in [0, 0.05) is 24.2 Å². The molecule has 0 bridgehead atoms. The Balaban J connectivity index is 1.60. The molecule has 0 spiro atoms. The first kappa shape index (κ1) is 19.1. The molecule has 0 saturated heterocycles. The van der Waals surface area contributed by atoms with Crippen LogP contribution in [-0.2, 0) is 12.7 Å². The van der Waals surface area contributed by atoms with Crippen LogP contribution in [0.1, 0.15) is 27.4 Å². The predicted octanol–water partition coefficient (Wildman–Crippen LogP) is 4.05. The number of aromatic nitrogens is 4. The van der Waals surface area contributed by atoms with Gasteiger partial charge in [0.15, 0.2) is 4.96 Å². The molecular weight excluding hydrogens is 407 g/mol.